The fourth-order valence-electron chi connectivity index (χ4n) is 2.20. The number of nitrogens with two attached hydrogens (primary N) is 2. The fraction of sp³-hybridized carbons (Fsp3) is 0.583. The zero-order valence-corrected chi connectivity index (χ0v) is 10.3. The summed E-state index contributed by atoms with van der Waals surface area (Å²) in [5, 5.41) is 3.33. The van der Waals surface area contributed by atoms with Crippen molar-refractivity contribution in [2.45, 2.75) is 13.3 Å². The lowest BCUT2D eigenvalue weighted by Gasteiger charge is -2.14. The van der Waals surface area contributed by atoms with Crippen LogP contribution >= 0.6 is 0 Å². The summed E-state index contributed by atoms with van der Waals surface area (Å²) in [4.78, 5) is 6.67. The molecule has 5 N–H and O–H groups in total. The van der Waals surface area contributed by atoms with Gasteiger partial charge in [0.25, 0.3) is 0 Å². The Hall–Kier alpha value is -1.49. The molecule has 0 amide bonds. The summed E-state index contributed by atoms with van der Waals surface area (Å²) >= 11 is 0. The third kappa shape index (κ3) is 3.00. The Bertz CT molecular complexity index is 379. The maximum Gasteiger partial charge on any atom is 0.149 e. The topological polar surface area (TPSA) is 80.2 Å². The van der Waals surface area contributed by atoms with Crippen molar-refractivity contribution >= 4 is 17.3 Å². The van der Waals surface area contributed by atoms with Crippen LogP contribution in [0, 0.1) is 5.92 Å². The highest BCUT2D eigenvalue weighted by Crippen LogP contribution is 2.18. The number of aromatic nitrogens is 1. The summed E-state index contributed by atoms with van der Waals surface area (Å²) in [7, 11) is 0. The Morgan fingerprint density at radius 2 is 2.29 bits per heavy atom. The second kappa shape index (κ2) is 5.23. The van der Waals surface area contributed by atoms with Gasteiger partial charge < -0.3 is 21.7 Å². The molecule has 5 heteroatoms. The summed E-state index contributed by atoms with van der Waals surface area (Å²) in [6.07, 6.45) is 1.26. The molecule has 94 valence electrons. The Morgan fingerprint density at radius 1 is 1.47 bits per heavy atom. The molecule has 1 aromatic rings. The third-order valence-electron chi connectivity index (χ3n) is 3.35. The molecule has 1 atom stereocenters. The van der Waals surface area contributed by atoms with Crippen LogP contribution in [0.25, 0.3) is 0 Å². The van der Waals surface area contributed by atoms with Crippen LogP contribution in [0.1, 0.15) is 13.3 Å². The molecular weight excluding hydrogens is 214 g/mol. The third-order valence-corrected chi connectivity index (χ3v) is 3.35. The van der Waals surface area contributed by atoms with E-state index in [9.17, 15) is 0 Å². The summed E-state index contributed by atoms with van der Waals surface area (Å²) in [6.45, 7) is 6.68. The zero-order chi connectivity index (χ0) is 12.3. The van der Waals surface area contributed by atoms with Gasteiger partial charge in [-0.25, -0.2) is 4.98 Å². The molecule has 0 bridgehead atoms. The molecule has 1 saturated heterocycles. The number of pyridine rings is 1. The van der Waals surface area contributed by atoms with E-state index in [0.29, 0.717) is 17.4 Å². The minimum Gasteiger partial charge on any atom is -0.396 e. The molecule has 2 rings (SSSR count). The molecule has 1 aliphatic heterocycles. The first-order valence-corrected chi connectivity index (χ1v) is 6.17. The SMILES string of the molecule is CCN1CCC(CNc2ccc(N)c(N)n2)C1. The number of nitrogens with zero attached hydrogens (tertiary/aromatic N) is 2. The first kappa shape index (κ1) is 12.0. The number of rotatable bonds is 4. The van der Waals surface area contributed by atoms with Crippen molar-refractivity contribution in [3.8, 4) is 0 Å². The lowest BCUT2D eigenvalue weighted by Crippen LogP contribution is -2.22. The van der Waals surface area contributed by atoms with Crippen LogP contribution in [0.3, 0.4) is 0 Å². The van der Waals surface area contributed by atoms with Gasteiger partial charge in [-0.2, -0.15) is 0 Å². The Labute approximate surface area is 102 Å². The molecular formula is C12H21N5. The van der Waals surface area contributed by atoms with Gasteiger partial charge in [-0.3, -0.25) is 0 Å². The van der Waals surface area contributed by atoms with Crippen LogP contribution in [-0.4, -0.2) is 36.1 Å². The lowest BCUT2D eigenvalue weighted by molar-refractivity contribution is 0.345. The van der Waals surface area contributed by atoms with Gasteiger partial charge in [-0.15, -0.1) is 0 Å². The van der Waals surface area contributed by atoms with Gasteiger partial charge in [0.2, 0.25) is 0 Å². The van der Waals surface area contributed by atoms with Crippen molar-refractivity contribution in [3.05, 3.63) is 12.1 Å². The van der Waals surface area contributed by atoms with Crippen LogP contribution in [0.15, 0.2) is 12.1 Å². The molecule has 0 radical (unpaired) electrons. The summed E-state index contributed by atoms with van der Waals surface area (Å²) < 4.78 is 0. The summed E-state index contributed by atoms with van der Waals surface area (Å²) in [6, 6.07) is 3.66. The number of hydrogen-bond donors (Lipinski definition) is 3. The van der Waals surface area contributed by atoms with Crippen molar-refractivity contribution in [2.75, 3.05) is 43.0 Å². The van der Waals surface area contributed by atoms with E-state index in [4.69, 9.17) is 11.5 Å². The van der Waals surface area contributed by atoms with E-state index in [2.05, 4.69) is 22.1 Å². The molecule has 0 aliphatic carbocycles. The normalized spacial score (nSPS) is 20.6. The van der Waals surface area contributed by atoms with E-state index in [0.717, 1.165) is 18.9 Å². The predicted molar refractivity (Wildman–Crippen MR) is 71.8 cm³/mol. The largest absolute Gasteiger partial charge is 0.396 e. The molecule has 1 aromatic heterocycles. The second-order valence-electron chi connectivity index (χ2n) is 4.60. The number of nitrogen functional groups attached to an aromatic ring is 2. The number of likely N-dealkylation sites (tertiary alicyclic amines) is 1. The van der Waals surface area contributed by atoms with Crippen molar-refractivity contribution in [1.82, 2.24) is 9.88 Å². The maximum atomic E-state index is 5.66. The molecule has 0 saturated carbocycles. The first-order valence-electron chi connectivity index (χ1n) is 6.17. The van der Waals surface area contributed by atoms with E-state index < -0.39 is 0 Å². The maximum absolute atomic E-state index is 5.66. The van der Waals surface area contributed by atoms with Gasteiger partial charge in [-0.05, 0) is 37.6 Å². The molecule has 5 nitrogen and oxygen atoms in total. The van der Waals surface area contributed by atoms with Gasteiger partial charge >= 0.3 is 0 Å². The number of nitrogens with one attached hydrogen (secondary N) is 1. The molecule has 0 spiro atoms. The minimum atomic E-state index is 0.400. The van der Waals surface area contributed by atoms with Gasteiger partial charge in [0, 0.05) is 13.1 Å². The first-order chi connectivity index (χ1) is 8.19. The lowest BCUT2D eigenvalue weighted by atomic mass is 10.1. The summed E-state index contributed by atoms with van der Waals surface area (Å²) in [5.41, 5.74) is 11.8. The van der Waals surface area contributed by atoms with Gasteiger partial charge in [0.15, 0.2) is 0 Å². The molecule has 1 unspecified atom stereocenters. The number of hydrogen-bond acceptors (Lipinski definition) is 5. The van der Waals surface area contributed by atoms with Crippen LogP contribution in [-0.2, 0) is 0 Å². The monoisotopic (exact) mass is 235 g/mol. The molecule has 1 aliphatic rings. The van der Waals surface area contributed by atoms with Crippen LogP contribution in [0.4, 0.5) is 17.3 Å². The van der Waals surface area contributed by atoms with Crippen molar-refractivity contribution in [1.29, 1.82) is 0 Å². The van der Waals surface area contributed by atoms with Crippen LogP contribution in [0.5, 0.6) is 0 Å². The second-order valence-corrected chi connectivity index (χ2v) is 4.60. The standard InChI is InChI=1S/C12H21N5/c1-2-17-6-5-9(8-17)7-15-11-4-3-10(13)12(14)16-11/h3-4,9H,2,5-8,13H2,1H3,(H3,14,15,16). The average molecular weight is 235 g/mol. The fourth-order valence-corrected chi connectivity index (χ4v) is 2.20. The Balaban J connectivity index is 1.84. The molecule has 2 heterocycles. The summed E-state index contributed by atoms with van der Waals surface area (Å²) in [5.74, 6) is 1.92. The highest BCUT2D eigenvalue weighted by molar-refractivity contribution is 5.61. The number of anilines is 3. The highest BCUT2D eigenvalue weighted by atomic mass is 15.1. The van der Waals surface area contributed by atoms with Crippen molar-refractivity contribution in [3.63, 3.8) is 0 Å². The Morgan fingerprint density at radius 3 is 2.94 bits per heavy atom. The van der Waals surface area contributed by atoms with E-state index in [-0.39, 0.29) is 0 Å². The van der Waals surface area contributed by atoms with E-state index in [1.54, 1.807) is 6.07 Å². The van der Waals surface area contributed by atoms with Gasteiger partial charge in [-0.1, -0.05) is 6.92 Å². The van der Waals surface area contributed by atoms with Gasteiger partial charge in [0.05, 0.1) is 5.69 Å². The predicted octanol–water partition coefficient (Wildman–Crippen LogP) is 1.000. The van der Waals surface area contributed by atoms with Crippen molar-refractivity contribution in [2.24, 2.45) is 5.92 Å². The highest BCUT2D eigenvalue weighted by Gasteiger charge is 2.20. The molecule has 1 fully saturated rings. The quantitative estimate of drug-likeness (QED) is 0.725. The molecule has 0 aromatic carbocycles. The van der Waals surface area contributed by atoms with Crippen LogP contribution < -0.4 is 16.8 Å². The molecule has 17 heavy (non-hydrogen) atoms. The zero-order valence-electron chi connectivity index (χ0n) is 10.3. The minimum absolute atomic E-state index is 0.400. The van der Waals surface area contributed by atoms with Crippen molar-refractivity contribution < 1.29 is 0 Å². The van der Waals surface area contributed by atoms with E-state index in [1.165, 1.54) is 19.5 Å². The average Bonchev–Trinajstić information content (AvgIpc) is 2.79. The Kier molecular flexibility index (Phi) is 3.68. The van der Waals surface area contributed by atoms with Crippen LogP contribution in [0.2, 0.25) is 0 Å². The van der Waals surface area contributed by atoms with Gasteiger partial charge in [0.1, 0.15) is 11.6 Å². The van der Waals surface area contributed by atoms with E-state index in [1.807, 2.05) is 6.07 Å². The smallest absolute Gasteiger partial charge is 0.149 e. The van der Waals surface area contributed by atoms with E-state index >= 15 is 0 Å².